The Labute approximate surface area is 202 Å². The average molecular weight is 493 g/mol. The molecular weight excluding hydrogens is 460 g/mol. The topological polar surface area (TPSA) is 194 Å². The molecule has 1 aliphatic rings. The molecule has 3 amide bonds. The van der Waals surface area contributed by atoms with Crippen LogP contribution in [0.4, 0.5) is 0 Å². The molecule has 1 heterocycles. The highest BCUT2D eigenvalue weighted by molar-refractivity contribution is 5.94. The van der Waals surface area contributed by atoms with Gasteiger partial charge in [0.25, 0.3) is 0 Å². The molecule has 5 unspecified atom stereocenters. The molecule has 0 bridgehead atoms. The molecule has 0 aromatic heterocycles. The Kier molecular flexibility index (Phi) is 10.6. The van der Waals surface area contributed by atoms with Crippen LogP contribution in [0.15, 0.2) is 30.3 Å². The molecule has 5 atom stereocenters. The molecule has 1 aromatic rings. The summed E-state index contributed by atoms with van der Waals surface area (Å²) in [5.74, 6) is -4.77. The van der Waals surface area contributed by atoms with E-state index in [1.165, 1.54) is 6.92 Å². The predicted molar refractivity (Wildman–Crippen MR) is 123 cm³/mol. The zero-order valence-corrected chi connectivity index (χ0v) is 19.4. The average Bonchev–Trinajstić information content (AvgIpc) is 3.34. The first kappa shape index (κ1) is 27.7. The smallest absolute Gasteiger partial charge is 0.328 e. The number of aliphatic hydroxyl groups is 1. The zero-order valence-electron chi connectivity index (χ0n) is 19.4. The number of carbonyl (C=O) groups excluding carboxylic acids is 3. The fraction of sp³-hybridized carbons (Fsp3) is 0.522. The van der Waals surface area contributed by atoms with E-state index in [0.29, 0.717) is 13.0 Å². The van der Waals surface area contributed by atoms with Gasteiger partial charge in [0.05, 0.1) is 12.1 Å². The Balaban J connectivity index is 2.20. The second-order valence-electron chi connectivity index (χ2n) is 8.46. The number of carbonyl (C=O) groups is 5. The lowest BCUT2D eigenvalue weighted by Crippen LogP contribution is -2.58. The van der Waals surface area contributed by atoms with Crippen LogP contribution in [0, 0.1) is 0 Å². The molecule has 1 aliphatic heterocycles. The van der Waals surface area contributed by atoms with E-state index in [4.69, 9.17) is 5.11 Å². The van der Waals surface area contributed by atoms with Crippen molar-refractivity contribution in [3.8, 4) is 0 Å². The number of carboxylic acids is 2. The maximum absolute atomic E-state index is 13.2. The highest BCUT2D eigenvalue weighted by Gasteiger charge is 2.33. The molecule has 192 valence electrons. The number of aliphatic carboxylic acids is 2. The van der Waals surface area contributed by atoms with E-state index in [0.717, 1.165) is 12.0 Å². The molecule has 0 radical (unpaired) electrons. The minimum absolute atomic E-state index is 0.115. The standard InChI is InChI=1S/C23H32N4O8/c1-13(28)19(23(34)35)27-21(32)16(9-10-18(29)30)25-22(33)17(12-14-6-3-2-4-7-14)26-20(31)15-8-5-11-24-15/h2-4,6-7,13,15-17,19,24,28H,5,8-12H2,1H3,(H,25,33)(H,26,31)(H,27,32)(H,29,30)(H,34,35). The van der Waals surface area contributed by atoms with Crippen molar-refractivity contribution in [1.82, 2.24) is 21.3 Å². The molecular formula is C23H32N4O8. The van der Waals surface area contributed by atoms with Crippen molar-refractivity contribution >= 4 is 29.7 Å². The van der Waals surface area contributed by atoms with Crippen molar-refractivity contribution in [2.24, 2.45) is 0 Å². The fourth-order valence-corrected chi connectivity index (χ4v) is 3.69. The molecule has 1 fully saturated rings. The number of rotatable bonds is 13. The first-order chi connectivity index (χ1) is 16.6. The van der Waals surface area contributed by atoms with Gasteiger partial charge in [0, 0.05) is 12.8 Å². The number of carboxylic acid groups (broad SMARTS) is 2. The third-order valence-electron chi connectivity index (χ3n) is 5.62. The Hall–Kier alpha value is -3.51. The molecule has 12 heteroatoms. The van der Waals surface area contributed by atoms with Crippen LogP contribution in [-0.2, 0) is 30.4 Å². The summed E-state index contributed by atoms with van der Waals surface area (Å²) in [5.41, 5.74) is 0.749. The molecule has 7 N–H and O–H groups in total. The van der Waals surface area contributed by atoms with Crippen LogP contribution in [-0.4, -0.2) is 81.8 Å². The fourth-order valence-electron chi connectivity index (χ4n) is 3.69. The van der Waals surface area contributed by atoms with Crippen LogP contribution in [0.2, 0.25) is 0 Å². The Morgan fingerprint density at radius 3 is 2.20 bits per heavy atom. The monoisotopic (exact) mass is 492 g/mol. The third kappa shape index (κ3) is 8.98. The lowest BCUT2D eigenvalue weighted by atomic mass is 10.0. The molecule has 12 nitrogen and oxygen atoms in total. The molecule has 1 aromatic carbocycles. The lowest BCUT2D eigenvalue weighted by molar-refractivity contribution is -0.145. The molecule has 2 rings (SSSR count). The minimum Gasteiger partial charge on any atom is -0.481 e. The van der Waals surface area contributed by atoms with E-state index in [2.05, 4.69) is 21.3 Å². The van der Waals surface area contributed by atoms with Gasteiger partial charge < -0.3 is 36.6 Å². The second-order valence-corrected chi connectivity index (χ2v) is 8.46. The van der Waals surface area contributed by atoms with E-state index in [1.54, 1.807) is 30.3 Å². The normalized spacial score (nSPS) is 18.5. The van der Waals surface area contributed by atoms with Gasteiger partial charge in [-0.15, -0.1) is 0 Å². The molecule has 1 saturated heterocycles. The lowest BCUT2D eigenvalue weighted by Gasteiger charge is -2.25. The van der Waals surface area contributed by atoms with E-state index in [9.17, 15) is 34.2 Å². The quantitative estimate of drug-likeness (QED) is 0.176. The van der Waals surface area contributed by atoms with Crippen molar-refractivity contribution in [2.45, 2.75) is 69.3 Å². The van der Waals surface area contributed by atoms with Gasteiger partial charge in [-0.2, -0.15) is 0 Å². The van der Waals surface area contributed by atoms with Crippen molar-refractivity contribution in [1.29, 1.82) is 0 Å². The Morgan fingerprint density at radius 2 is 1.66 bits per heavy atom. The molecule has 0 spiro atoms. The number of hydrogen-bond acceptors (Lipinski definition) is 7. The number of hydrogen-bond donors (Lipinski definition) is 7. The summed E-state index contributed by atoms with van der Waals surface area (Å²) in [6, 6.07) is 4.32. The minimum atomic E-state index is -1.65. The van der Waals surface area contributed by atoms with Gasteiger partial charge in [0.15, 0.2) is 6.04 Å². The molecule has 0 aliphatic carbocycles. The van der Waals surface area contributed by atoms with E-state index >= 15 is 0 Å². The first-order valence-electron chi connectivity index (χ1n) is 11.4. The van der Waals surface area contributed by atoms with Gasteiger partial charge in [-0.25, -0.2) is 4.79 Å². The largest absolute Gasteiger partial charge is 0.481 e. The van der Waals surface area contributed by atoms with Crippen LogP contribution in [0.1, 0.15) is 38.2 Å². The third-order valence-corrected chi connectivity index (χ3v) is 5.62. The van der Waals surface area contributed by atoms with Crippen molar-refractivity contribution < 1.29 is 39.3 Å². The summed E-state index contributed by atoms with van der Waals surface area (Å²) in [5, 5.41) is 38.2. The maximum Gasteiger partial charge on any atom is 0.328 e. The van der Waals surface area contributed by atoms with E-state index in [1.807, 2.05) is 0 Å². The van der Waals surface area contributed by atoms with Crippen LogP contribution >= 0.6 is 0 Å². The van der Waals surface area contributed by atoms with Crippen LogP contribution in [0.3, 0.4) is 0 Å². The van der Waals surface area contributed by atoms with Gasteiger partial charge in [0.2, 0.25) is 17.7 Å². The highest BCUT2D eigenvalue weighted by atomic mass is 16.4. The Bertz CT molecular complexity index is 902. The summed E-state index contributed by atoms with van der Waals surface area (Å²) in [6.45, 7) is 1.85. The van der Waals surface area contributed by atoms with Gasteiger partial charge in [-0.1, -0.05) is 30.3 Å². The van der Waals surface area contributed by atoms with Crippen molar-refractivity contribution in [3.05, 3.63) is 35.9 Å². The molecule has 0 saturated carbocycles. The van der Waals surface area contributed by atoms with Gasteiger partial charge in [0.1, 0.15) is 12.1 Å². The van der Waals surface area contributed by atoms with E-state index < -0.39 is 60.4 Å². The predicted octanol–water partition coefficient (Wildman–Crippen LogP) is -1.23. The van der Waals surface area contributed by atoms with Crippen LogP contribution < -0.4 is 21.3 Å². The van der Waals surface area contributed by atoms with Gasteiger partial charge in [-0.3, -0.25) is 19.2 Å². The SMILES string of the molecule is CC(O)C(NC(=O)C(CCC(=O)O)NC(=O)C(Cc1ccccc1)NC(=O)C1CCCN1)C(=O)O. The zero-order chi connectivity index (χ0) is 26.0. The highest BCUT2D eigenvalue weighted by Crippen LogP contribution is 2.09. The summed E-state index contributed by atoms with van der Waals surface area (Å²) in [7, 11) is 0. The maximum atomic E-state index is 13.2. The second kappa shape index (κ2) is 13.4. The summed E-state index contributed by atoms with van der Waals surface area (Å²) in [6.07, 6.45) is -0.688. The van der Waals surface area contributed by atoms with Crippen LogP contribution in [0.25, 0.3) is 0 Å². The number of aliphatic hydroxyl groups excluding tert-OH is 1. The summed E-state index contributed by atoms with van der Waals surface area (Å²) in [4.78, 5) is 61.0. The summed E-state index contributed by atoms with van der Waals surface area (Å²) >= 11 is 0. The number of amides is 3. The number of nitrogens with one attached hydrogen (secondary N) is 4. The van der Waals surface area contributed by atoms with Gasteiger partial charge in [-0.05, 0) is 38.3 Å². The van der Waals surface area contributed by atoms with E-state index in [-0.39, 0.29) is 18.7 Å². The molecule has 35 heavy (non-hydrogen) atoms. The number of benzene rings is 1. The Morgan fingerprint density at radius 1 is 1.00 bits per heavy atom. The first-order valence-corrected chi connectivity index (χ1v) is 11.4. The van der Waals surface area contributed by atoms with Gasteiger partial charge >= 0.3 is 11.9 Å². The van der Waals surface area contributed by atoms with Crippen molar-refractivity contribution in [3.63, 3.8) is 0 Å². The van der Waals surface area contributed by atoms with Crippen molar-refractivity contribution in [2.75, 3.05) is 6.54 Å². The van der Waals surface area contributed by atoms with Crippen LogP contribution in [0.5, 0.6) is 0 Å². The summed E-state index contributed by atoms with van der Waals surface area (Å²) < 4.78 is 0.